The summed E-state index contributed by atoms with van der Waals surface area (Å²) in [7, 11) is 0. The van der Waals surface area contributed by atoms with Crippen LogP contribution in [0.5, 0.6) is 0 Å². The van der Waals surface area contributed by atoms with Crippen LogP contribution < -0.4 is 5.32 Å². The number of amides is 1. The number of thioether (sulfide) groups is 1. The molecule has 0 aliphatic carbocycles. The minimum atomic E-state index is -0.135. The van der Waals surface area contributed by atoms with E-state index in [2.05, 4.69) is 5.32 Å². The molecule has 0 unspecified atom stereocenters. The number of hydrogen-bond acceptors (Lipinski definition) is 4. The average Bonchev–Trinajstić information content (AvgIpc) is 2.97. The lowest BCUT2D eigenvalue weighted by molar-refractivity contribution is 0.0916. The minimum absolute atomic E-state index is 0.135. The van der Waals surface area contributed by atoms with E-state index < -0.39 is 0 Å². The highest BCUT2D eigenvalue weighted by Gasteiger charge is 2.18. The van der Waals surface area contributed by atoms with Crippen LogP contribution in [0, 0.1) is 5.92 Å². The molecular formula is C12H17NO3S. The Labute approximate surface area is 105 Å². The van der Waals surface area contributed by atoms with E-state index in [9.17, 15) is 4.79 Å². The number of furan rings is 1. The molecule has 0 spiro atoms. The fourth-order valence-electron chi connectivity index (χ4n) is 1.79. The summed E-state index contributed by atoms with van der Waals surface area (Å²) in [5.41, 5.74) is 0. The van der Waals surface area contributed by atoms with Crippen molar-refractivity contribution >= 4 is 17.7 Å². The number of rotatable bonds is 5. The van der Waals surface area contributed by atoms with E-state index in [0.717, 1.165) is 31.1 Å². The molecule has 5 heteroatoms. The first kappa shape index (κ1) is 12.5. The van der Waals surface area contributed by atoms with Gasteiger partial charge < -0.3 is 14.5 Å². The third kappa shape index (κ3) is 3.51. The SMILES string of the molecule is CSCc1ccc(C(=O)NC[C@@H]2CCOC2)o1. The van der Waals surface area contributed by atoms with Gasteiger partial charge in [-0.1, -0.05) is 0 Å². The van der Waals surface area contributed by atoms with Crippen molar-refractivity contribution in [2.45, 2.75) is 12.2 Å². The molecule has 1 aromatic rings. The summed E-state index contributed by atoms with van der Waals surface area (Å²) in [4.78, 5) is 11.8. The van der Waals surface area contributed by atoms with Crippen LogP contribution in [0.15, 0.2) is 16.5 Å². The molecule has 4 nitrogen and oxygen atoms in total. The van der Waals surface area contributed by atoms with Gasteiger partial charge in [0.25, 0.3) is 5.91 Å². The smallest absolute Gasteiger partial charge is 0.287 e. The second kappa shape index (κ2) is 6.12. The molecule has 1 atom stereocenters. The summed E-state index contributed by atoms with van der Waals surface area (Å²) in [5, 5.41) is 2.88. The Morgan fingerprint density at radius 3 is 3.18 bits per heavy atom. The van der Waals surface area contributed by atoms with Gasteiger partial charge in [0.05, 0.1) is 12.4 Å². The maximum absolute atomic E-state index is 11.8. The number of carbonyl (C=O) groups excluding carboxylic acids is 1. The molecule has 1 aliphatic rings. The highest BCUT2D eigenvalue weighted by molar-refractivity contribution is 7.97. The van der Waals surface area contributed by atoms with Crippen LogP contribution in [0.25, 0.3) is 0 Å². The van der Waals surface area contributed by atoms with Gasteiger partial charge in [-0.05, 0) is 24.8 Å². The number of ether oxygens (including phenoxy) is 1. The van der Waals surface area contributed by atoms with E-state index >= 15 is 0 Å². The number of nitrogens with one attached hydrogen (secondary N) is 1. The molecule has 1 N–H and O–H groups in total. The second-order valence-electron chi connectivity index (χ2n) is 4.14. The predicted octanol–water partition coefficient (Wildman–Crippen LogP) is 1.91. The first-order valence-electron chi connectivity index (χ1n) is 5.73. The first-order valence-corrected chi connectivity index (χ1v) is 7.12. The van der Waals surface area contributed by atoms with Crippen LogP contribution >= 0.6 is 11.8 Å². The zero-order valence-electron chi connectivity index (χ0n) is 9.90. The molecule has 0 radical (unpaired) electrons. The van der Waals surface area contributed by atoms with Crippen molar-refractivity contribution in [3.8, 4) is 0 Å². The fourth-order valence-corrected chi connectivity index (χ4v) is 2.23. The second-order valence-corrected chi connectivity index (χ2v) is 5.00. The highest BCUT2D eigenvalue weighted by Crippen LogP contribution is 2.14. The van der Waals surface area contributed by atoms with Gasteiger partial charge in [0.1, 0.15) is 5.76 Å². The van der Waals surface area contributed by atoms with Crippen molar-refractivity contribution in [1.82, 2.24) is 5.32 Å². The molecule has 2 heterocycles. The van der Waals surface area contributed by atoms with Gasteiger partial charge in [-0.2, -0.15) is 11.8 Å². The van der Waals surface area contributed by atoms with Crippen LogP contribution in [0.3, 0.4) is 0 Å². The Balaban J connectivity index is 1.81. The summed E-state index contributed by atoms with van der Waals surface area (Å²) in [6, 6.07) is 3.58. The predicted molar refractivity (Wildman–Crippen MR) is 67.2 cm³/mol. The van der Waals surface area contributed by atoms with E-state index in [0.29, 0.717) is 18.2 Å². The number of hydrogen-bond donors (Lipinski definition) is 1. The van der Waals surface area contributed by atoms with Crippen LogP contribution in [-0.4, -0.2) is 31.9 Å². The third-order valence-electron chi connectivity index (χ3n) is 2.75. The summed E-state index contributed by atoms with van der Waals surface area (Å²) in [6.07, 6.45) is 3.03. The Morgan fingerprint density at radius 2 is 2.47 bits per heavy atom. The quantitative estimate of drug-likeness (QED) is 0.873. The summed E-state index contributed by atoms with van der Waals surface area (Å²) < 4.78 is 10.7. The van der Waals surface area contributed by atoms with Crippen molar-refractivity contribution in [3.05, 3.63) is 23.7 Å². The van der Waals surface area contributed by atoms with Crippen LogP contribution in [-0.2, 0) is 10.5 Å². The van der Waals surface area contributed by atoms with Crippen molar-refractivity contribution in [1.29, 1.82) is 0 Å². The fraction of sp³-hybridized carbons (Fsp3) is 0.583. The molecule has 1 saturated heterocycles. The zero-order valence-corrected chi connectivity index (χ0v) is 10.7. The standard InChI is InChI=1S/C12H17NO3S/c1-17-8-10-2-3-11(16-10)12(14)13-6-9-4-5-15-7-9/h2-3,9H,4-8H2,1H3,(H,13,14)/t9-/m0/s1. The van der Waals surface area contributed by atoms with Crippen molar-refractivity contribution in [2.24, 2.45) is 5.92 Å². The lowest BCUT2D eigenvalue weighted by Crippen LogP contribution is -2.29. The van der Waals surface area contributed by atoms with Crippen molar-refractivity contribution in [2.75, 3.05) is 26.0 Å². The molecule has 94 valence electrons. The molecule has 17 heavy (non-hydrogen) atoms. The Bertz CT molecular complexity index is 372. The molecule has 1 aromatic heterocycles. The van der Waals surface area contributed by atoms with Gasteiger partial charge in [0.15, 0.2) is 5.76 Å². The van der Waals surface area contributed by atoms with Crippen molar-refractivity contribution < 1.29 is 13.9 Å². The molecule has 1 amide bonds. The molecule has 1 fully saturated rings. The molecule has 2 rings (SSSR count). The monoisotopic (exact) mass is 255 g/mol. The first-order chi connectivity index (χ1) is 8.29. The van der Waals surface area contributed by atoms with Crippen LogP contribution in [0.4, 0.5) is 0 Å². The molecule has 0 bridgehead atoms. The Hall–Kier alpha value is -0.940. The maximum atomic E-state index is 11.8. The summed E-state index contributed by atoms with van der Waals surface area (Å²) in [6.45, 7) is 2.21. The van der Waals surface area contributed by atoms with Crippen LogP contribution in [0.1, 0.15) is 22.7 Å². The number of carbonyl (C=O) groups is 1. The van der Waals surface area contributed by atoms with Gasteiger partial charge in [-0.15, -0.1) is 0 Å². The van der Waals surface area contributed by atoms with Gasteiger partial charge in [-0.25, -0.2) is 0 Å². The normalized spacial score (nSPS) is 19.5. The highest BCUT2D eigenvalue weighted by atomic mass is 32.2. The maximum Gasteiger partial charge on any atom is 0.287 e. The average molecular weight is 255 g/mol. The van der Waals surface area contributed by atoms with Crippen molar-refractivity contribution in [3.63, 3.8) is 0 Å². The Morgan fingerprint density at radius 1 is 1.59 bits per heavy atom. The van der Waals surface area contributed by atoms with Crippen LogP contribution in [0.2, 0.25) is 0 Å². The zero-order chi connectivity index (χ0) is 12.1. The van der Waals surface area contributed by atoms with E-state index in [4.69, 9.17) is 9.15 Å². The summed E-state index contributed by atoms with van der Waals surface area (Å²) >= 11 is 1.67. The summed E-state index contributed by atoms with van der Waals surface area (Å²) in [5.74, 6) is 2.34. The molecule has 0 aromatic carbocycles. The lowest BCUT2D eigenvalue weighted by Gasteiger charge is -2.07. The van der Waals surface area contributed by atoms with E-state index in [1.54, 1.807) is 17.8 Å². The van der Waals surface area contributed by atoms with Gasteiger partial charge >= 0.3 is 0 Å². The Kier molecular flexibility index (Phi) is 4.50. The minimum Gasteiger partial charge on any atom is -0.455 e. The third-order valence-corrected chi connectivity index (χ3v) is 3.32. The molecular weight excluding hydrogens is 238 g/mol. The molecule has 1 aliphatic heterocycles. The van der Waals surface area contributed by atoms with Gasteiger partial charge in [-0.3, -0.25) is 4.79 Å². The molecule has 0 saturated carbocycles. The largest absolute Gasteiger partial charge is 0.455 e. The topological polar surface area (TPSA) is 51.5 Å². The van der Waals surface area contributed by atoms with Gasteiger partial charge in [0, 0.05) is 19.1 Å². The van der Waals surface area contributed by atoms with E-state index in [-0.39, 0.29) is 5.91 Å². The van der Waals surface area contributed by atoms with Gasteiger partial charge in [0.2, 0.25) is 0 Å². The van der Waals surface area contributed by atoms with E-state index in [1.807, 2.05) is 12.3 Å². The lowest BCUT2D eigenvalue weighted by atomic mass is 10.1. The van der Waals surface area contributed by atoms with E-state index in [1.165, 1.54) is 0 Å².